The van der Waals surface area contributed by atoms with Gasteiger partial charge in [-0.3, -0.25) is 0 Å². The summed E-state index contributed by atoms with van der Waals surface area (Å²) in [6.45, 7) is 12.8. The molecule has 1 aliphatic heterocycles. The summed E-state index contributed by atoms with van der Waals surface area (Å²) in [6.07, 6.45) is 1.62. The smallest absolute Gasteiger partial charge is 0.407 e. The number of hydrogen-bond acceptors (Lipinski definition) is 2. The molecule has 1 aromatic rings. The second kappa shape index (κ2) is 7.13. The summed E-state index contributed by atoms with van der Waals surface area (Å²) in [6, 6.07) is 8.31. The van der Waals surface area contributed by atoms with Crippen molar-refractivity contribution in [2.75, 3.05) is 6.54 Å². The average molecular weight is 407 g/mol. The van der Waals surface area contributed by atoms with E-state index in [1.165, 1.54) is 11.1 Å². The summed E-state index contributed by atoms with van der Waals surface area (Å²) in [7, 11) is -1.19. The molecule has 1 heterocycles. The van der Waals surface area contributed by atoms with Gasteiger partial charge in [-0.25, -0.2) is 13.7 Å². The SMILES string of the molecule is CC(C)(C)[C@@H]1CC2(CCN1C(=O)O)Cc1ccccc1C2N[S@](=O)C(C)(C)C. The Labute approximate surface area is 171 Å². The fraction of sp³-hybridized carbons (Fsp3) is 0.682. The molecule has 0 aromatic heterocycles. The minimum Gasteiger partial charge on any atom is -0.465 e. The van der Waals surface area contributed by atoms with Crippen molar-refractivity contribution in [1.82, 2.24) is 9.62 Å². The maximum absolute atomic E-state index is 13.0. The summed E-state index contributed by atoms with van der Waals surface area (Å²) in [5.74, 6) is 0. The molecule has 1 aliphatic carbocycles. The third-order valence-electron chi connectivity index (χ3n) is 6.37. The molecule has 2 aliphatic rings. The van der Waals surface area contributed by atoms with Gasteiger partial charge in [0.15, 0.2) is 0 Å². The Morgan fingerprint density at radius 3 is 2.43 bits per heavy atom. The molecule has 1 saturated heterocycles. The second-order valence-corrected chi connectivity index (χ2v) is 12.5. The Balaban J connectivity index is 2.00. The minimum absolute atomic E-state index is 0.0236. The third-order valence-corrected chi connectivity index (χ3v) is 7.94. The lowest BCUT2D eigenvalue weighted by atomic mass is 9.66. The van der Waals surface area contributed by atoms with E-state index in [1.54, 1.807) is 4.90 Å². The molecule has 0 radical (unpaired) electrons. The van der Waals surface area contributed by atoms with Gasteiger partial charge in [0.1, 0.15) is 0 Å². The van der Waals surface area contributed by atoms with Crippen LogP contribution in [0, 0.1) is 10.8 Å². The standard InChI is InChI=1S/C22H34N2O3S/c1-20(2,3)17-14-22(11-12-24(17)19(25)26)13-15-9-7-8-10-16(15)18(22)23-28(27)21(4,5)6/h7-10,17-18,23H,11-14H2,1-6H3,(H,25,26)/t17-,18?,22?,28+/m0/s1. The van der Waals surface area contributed by atoms with Gasteiger partial charge in [0.25, 0.3) is 0 Å². The van der Waals surface area contributed by atoms with Crippen LogP contribution in [0.25, 0.3) is 0 Å². The van der Waals surface area contributed by atoms with E-state index in [4.69, 9.17) is 0 Å². The Hall–Kier alpha value is -1.40. The first kappa shape index (κ1) is 21.3. The van der Waals surface area contributed by atoms with E-state index in [1.807, 2.05) is 26.8 Å². The van der Waals surface area contributed by atoms with E-state index in [9.17, 15) is 14.1 Å². The lowest BCUT2D eigenvalue weighted by Crippen LogP contribution is -2.57. The van der Waals surface area contributed by atoms with Crippen molar-refractivity contribution in [2.45, 2.75) is 77.6 Å². The Morgan fingerprint density at radius 2 is 1.86 bits per heavy atom. The highest BCUT2D eigenvalue weighted by Crippen LogP contribution is 2.55. The number of likely N-dealkylation sites (tertiary alicyclic amines) is 1. The maximum Gasteiger partial charge on any atom is 0.407 e. The molecule has 3 rings (SSSR count). The molecule has 1 aromatic carbocycles. The summed E-state index contributed by atoms with van der Waals surface area (Å²) in [4.78, 5) is 13.5. The Morgan fingerprint density at radius 1 is 1.21 bits per heavy atom. The zero-order valence-corrected chi connectivity index (χ0v) is 18.7. The fourth-order valence-electron chi connectivity index (χ4n) is 4.78. The topological polar surface area (TPSA) is 69.6 Å². The molecule has 1 fully saturated rings. The molecule has 5 nitrogen and oxygen atoms in total. The molecule has 2 unspecified atom stereocenters. The van der Waals surface area contributed by atoms with Crippen molar-refractivity contribution in [2.24, 2.45) is 10.8 Å². The number of nitrogens with one attached hydrogen (secondary N) is 1. The fourth-order valence-corrected chi connectivity index (χ4v) is 5.73. The number of piperidine rings is 1. The zero-order valence-electron chi connectivity index (χ0n) is 17.9. The van der Waals surface area contributed by atoms with Gasteiger partial charge in [-0.05, 0) is 62.0 Å². The maximum atomic E-state index is 13.0. The van der Waals surface area contributed by atoms with Gasteiger partial charge in [0.2, 0.25) is 0 Å². The van der Waals surface area contributed by atoms with Gasteiger partial charge in [-0.2, -0.15) is 0 Å². The van der Waals surface area contributed by atoms with Crippen LogP contribution >= 0.6 is 0 Å². The molecule has 2 N–H and O–H groups in total. The van der Waals surface area contributed by atoms with E-state index >= 15 is 0 Å². The lowest BCUT2D eigenvalue weighted by Gasteiger charge is -2.51. The van der Waals surface area contributed by atoms with Crippen molar-refractivity contribution in [3.8, 4) is 0 Å². The monoisotopic (exact) mass is 406 g/mol. The largest absolute Gasteiger partial charge is 0.465 e. The number of rotatable bonds is 2. The van der Waals surface area contributed by atoms with Crippen LogP contribution in [0.4, 0.5) is 4.79 Å². The van der Waals surface area contributed by atoms with Crippen molar-refractivity contribution in [3.63, 3.8) is 0 Å². The number of carboxylic acid groups (broad SMARTS) is 1. The number of fused-ring (bicyclic) bond motifs is 1. The number of carbonyl (C=O) groups is 1. The van der Waals surface area contributed by atoms with Crippen LogP contribution in [-0.4, -0.2) is 37.6 Å². The molecular formula is C22H34N2O3S. The van der Waals surface area contributed by atoms with Gasteiger partial charge < -0.3 is 10.0 Å². The van der Waals surface area contributed by atoms with E-state index in [0.717, 1.165) is 19.3 Å². The van der Waals surface area contributed by atoms with Crippen LogP contribution in [0.15, 0.2) is 24.3 Å². The van der Waals surface area contributed by atoms with Gasteiger partial charge >= 0.3 is 6.09 Å². The van der Waals surface area contributed by atoms with E-state index < -0.39 is 17.1 Å². The molecule has 0 bridgehead atoms. The normalized spacial score (nSPS) is 29.0. The van der Waals surface area contributed by atoms with Crippen LogP contribution in [0.3, 0.4) is 0 Å². The number of nitrogens with zero attached hydrogens (tertiary/aromatic N) is 1. The van der Waals surface area contributed by atoms with Crippen LogP contribution in [0.1, 0.15) is 71.6 Å². The van der Waals surface area contributed by atoms with Crippen LogP contribution in [-0.2, 0) is 17.4 Å². The highest BCUT2D eigenvalue weighted by Gasteiger charge is 2.53. The molecule has 156 valence electrons. The molecular weight excluding hydrogens is 372 g/mol. The van der Waals surface area contributed by atoms with Crippen molar-refractivity contribution >= 4 is 17.1 Å². The van der Waals surface area contributed by atoms with Gasteiger partial charge in [-0.1, -0.05) is 45.0 Å². The highest BCUT2D eigenvalue weighted by atomic mass is 32.2. The van der Waals surface area contributed by atoms with E-state index in [-0.39, 0.29) is 27.7 Å². The van der Waals surface area contributed by atoms with Crippen molar-refractivity contribution in [1.29, 1.82) is 0 Å². The predicted molar refractivity (Wildman–Crippen MR) is 114 cm³/mol. The third kappa shape index (κ3) is 3.86. The Kier molecular flexibility index (Phi) is 5.43. The van der Waals surface area contributed by atoms with Gasteiger partial charge in [-0.15, -0.1) is 0 Å². The number of benzene rings is 1. The predicted octanol–water partition coefficient (Wildman–Crippen LogP) is 4.51. The molecule has 6 heteroatoms. The van der Waals surface area contributed by atoms with Crippen LogP contribution in [0.2, 0.25) is 0 Å². The number of amides is 1. The first-order valence-corrected chi connectivity index (χ1v) is 11.3. The molecule has 4 atom stereocenters. The van der Waals surface area contributed by atoms with Crippen LogP contribution < -0.4 is 4.72 Å². The minimum atomic E-state index is -1.19. The van der Waals surface area contributed by atoms with Crippen molar-refractivity contribution < 1.29 is 14.1 Å². The van der Waals surface area contributed by atoms with E-state index in [2.05, 4.69) is 43.7 Å². The lowest BCUT2D eigenvalue weighted by molar-refractivity contribution is -0.00496. The summed E-state index contributed by atoms with van der Waals surface area (Å²) < 4.78 is 16.1. The number of hydrogen-bond donors (Lipinski definition) is 2. The molecule has 1 spiro atoms. The van der Waals surface area contributed by atoms with Crippen LogP contribution in [0.5, 0.6) is 0 Å². The van der Waals surface area contributed by atoms with Gasteiger partial charge in [0.05, 0.1) is 21.8 Å². The first-order valence-electron chi connectivity index (χ1n) is 10.1. The second-order valence-electron chi connectivity index (χ2n) is 10.5. The first-order chi connectivity index (χ1) is 12.8. The summed E-state index contributed by atoms with van der Waals surface area (Å²) in [5.41, 5.74) is 2.24. The summed E-state index contributed by atoms with van der Waals surface area (Å²) >= 11 is 0. The molecule has 1 amide bonds. The zero-order chi connectivity index (χ0) is 20.9. The average Bonchev–Trinajstić information content (AvgIpc) is 2.86. The quantitative estimate of drug-likeness (QED) is 0.759. The highest BCUT2D eigenvalue weighted by molar-refractivity contribution is 7.84. The molecule has 28 heavy (non-hydrogen) atoms. The van der Waals surface area contributed by atoms with Crippen molar-refractivity contribution in [3.05, 3.63) is 35.4 Å². The molecule has 0 saturated carbocycles. The van der Waals surface area contributed by atoms with Gasteiger partial charge in [0, 0.05) is 12.6 Å². The Bertz CT molecular complexity index is 781. The summed E-state index contributed by atoms with van der Waals surface area (Å²) in [5, 5.41) is 9.76. The van der Waals surface area contributed by atoms with E-state index in [0.29, 0.717) is 6.54 Å².